The van der Waals surface area contributed by atoms with Gasteiger partial charge in [0.15, 0.2) is 0 Å². The van der Waals surface area contributed by atoms with Crippen molar-refractivity contribution in [1.82, 2.24) is 4.90 Å². The van der Waals surface area contributed by atoms with Crippen LogP contribution in [0, 0.1) is 0 Å². The summed E-state index contributed by atoms with van der Waals surface area (Å²) in [6.45, 7) is 3.24. The van der Waals surface area contributed by atoms with Crippen LogP contribution >= 0.6 is 0 Å². The van der Waals surface area contributed by atoms with Crippen molar-refractivity contribution in [2.75, 3.05) is 25.4 Å². The number of anilines is 1. The molecule has 1 aromatic carbocycles. The molecule has 0 spiro atoms. The molecular formula is C14H20N2O2. The summed E-state index contributed by atoms with van der Waals surface area (Å²) in [5.41, 5.74) is 7.24. The molecule has 3 N–H and O–H groups in total. The van der Waals surface area contributed by atoms with Gasteiger partial charge in [-0.2, -0.15) is 0 Å². The fourth-order valence-electron chi connectivity index (χ4n) is 1.62. The molecule has 18 heavy (non-hydrogen) atoms. The van der Waals surface area contributed by atoms with Crippen molar-refractivity contribution in [2.24, 2.45) is 0 Å². The lowest BCUT2D eigenvalue weighted by molar-refractivity contribution is -0.125. The van der Waals surface area contributed by atoms with Crippen LogP contribution in [0.5, 0.6) is 0 Å². The first-order valence-corrected chi connectivity index (χ1v) is 6.10. The third-order valence-electron chi connectivity index (χ3n) is 2.61. The van der Waals surface area contributed by atoms with Crippen molar-refractivity contribution < 1.29 is 9.90 Å². The van der Waals surface area contributed by atoms with E-state index in [0.717, 1.165) is 5.56 Å². The molecule has 0 aliphatic rings. The fraction of sp³-hybridized carbons (Fsp3) is 0.357. The lowest BCUT2D eigenvalue weighted by Crippen LogP contribution is -2.30. The first kappa shape index (κ1) is 14.3. The van der Waals surface area contributed by atoms with E-state index in [-0.39, 0.29) is 12.5 Å². The average molecular weight is 248 g/mol. The molecule has 0 heterocycles. The number of hydrogen-bond donors (Lipinski definition) is 2. The SMILES string of the molecule is CCN(CCCO)C(=O)/C=C/c1cccc(N)c1. The number of carbonyl (C=O) groups excluding carboxylic acids is 1. The number of nitrogens with zero attached hydrogens (tertiary/aromatic N) is 1. The molecule has 0 fully saturated rings. The number of nitrogen functional groups attached to an aromatic ring is 1. The molecule has 0 aromatic heterocycles. The lowest BCUT2D eigenvalue weighted by Gasteiger charge is -2.18. The molecule has 0 saturated heterocycles. The van der Waals surface area contributed by atoms with Gasteiger partial charge < -0.3 is 15.7 Å². The van der Waals surface area contributed by atoms with Crippen molar-refractivity contribution in [3.63, 3.8) is 0 Å². The molecule has 0 atom stereocenters. The number of aliphatic hydroxyl groups is 1. The standard InChI is InChI=1S/C14H20N2O2/c1-2-16(9-4-10-17)14(18)8-7-12-5-3-6-13(15)11-12/h3,5-8,11,17H,2,4,9-10,15H2,1H3/b8-7+. The summed E-state index contributed by atoms with van der Waals surface area (Å²) >= 11 is 0. The van der Waals surface area contributed by atoms with Gasteiger partial charge in [-0.15, -0.1) is 0 Å². The van der Waals surface area contributed by atoms with E-state index < -0.39 is 0 Å². The Labute approximate surface area is 108 Å². The van der Waals surface area contributed by atoms with Crippen molar-refractivity contribution in [2.45, 2.75) is 13.3 Å². The minimum atomic E-state index is -0.0478. The Bertz CT molecular complexity index is 416. The molecule has 98 valence electrons. The molecule has 4 heteroatoms. The van der Waals surface area contributed by atoms with Crippen LogP contribution in [0.15, 0.2) is 30.3 Å². The Kier molecular flexibility index (Phi) is 5.94. The summed E-state index contributed by atoms with van der Waals surface area (Å²) in [6, 6.07) is 7.36. The molecule has 0 radical (unpaired) electrons. The molecule has 0 saturated carbocycles. The third kappa shape index (κ3) is 4.59. The van der Waals surface area contributed by atoms with Crippen molar-refractivity contribution >= 4 is 17.7 Å². The van der Waals surface area contributed by atoms with Gasteiger partial charge in [0.05, 0.1) is 0 Å². The summed E-state index contributed by atoms with van der Waals surface area (Å²) < 4.78 is 0. The van der Waals surface area contributed by atoms with Gasteiger partial charge in [-0.1, -0.05) is 12.1 Å². The fourth-order valence-corrected chi connectivity index (χ4v) is 1.62. The summed E-state index contributed by atoms with van der Waals surface area (Å²) in [7, 11) is 0. The molecular weight excluding hydrogens is 228 g/mol. The van der Waals surface area contributed by atoms with Crippen molar-refractivity contribution in [3.8, 4) is 0 Å². The smallest absolute Gasteiger partial charge is 0.246 e. The van der Waals surface area contributed by atoms with Crippen LogP contribution < -0.4 is 5.73 Å². The second-order valence-corrected chi connectivity index (χ2v) is 4.00. The van der Waals surface area contributed by atoms with Gasteiger partial charge in [0.1, 0.15) is 0 Å². The van der Waals surface area contributed by atoms with E-state index in [2.05, 4.69) is 0 Å². The Morgan fingerprint density at radius 2 is 2.28 bits per heavy atom. The average Bonchev–Trinajstić information content (AvgIpc) is 2.37. The zero-order valence-electron chi connectivity index (χ0n) is 10.7. The van der Waals surface area contributed by atoms with Crippen LogP contribution in [0.2, 0.25) is 0 Å². The Balaban J connectivity index is 2.62. The number of benzene rings is 1. The number of nitrogens with two attached hydrogens (primary N) is 1. The zero-order chi connectivity index (χ0) is 13.4. The van der Waals surface area contributed by atoms with Gasteiger partial charge in [-0.3, -0.25) is 4.79 Å². The molecule has 4 nitrogen and oxygen atoms in total. The second-order valence-electron chi connectivity index (χ2n) is 4.00. The number of aliphatic hydroxyl groups excluding tert-OH is 1. The van der Waals surface area contributed by atoms with E-state index in [4.69, 9.17) is 10.8 Å². The number of likely N-dealkylation sites (N-methyl/N-ethyl adjacent to an activating group) is 1. The first-order chi connectivity index (χ1) is 8.67. The number of rotatable bonds is 6. The zero-order valence-corrected chi connectivity index (χ0v) is 10.7. The number of hydrogen-bond acceptors (Lipinski definition) is 3. The molecule has 1 aromatic rings. The lowest BCUT2D eigenvalue weighted by atomic mass is 10.2. The molecule has 1 amide bonds. The van der Waals surface area contributed by atoms with Crippen LogP contribution in [-0.4, -0.2) is 35.6 Å². The van der Waals surface area contributed by atoms with E-state index in [1.54, 1.807) is 17.0 Å². The van der Waals surface area contributed by atoms with Crippen LogP contribution in [0.1, 0.15) is 18.9 Å². The monoisotopic (exact) mass is 248 g/mol. The predicted octanol–water partition coefficient (Wildman–Crippen LogP) is 1.51. The quantitative estimate of drug-likeness (QED) is 0.592. The van der Waals surface area contributed by atoms with Gasteiger partial charge in [0.25, 0.3) is 0 Å². The van der Waals surface area contributed by atoms with E-state index >= 15 is 0 Å². The maximum absolute atomic E-state index is 11.9. The molecule has 0 unspecified atom stereocenters. The topological polar surface area (TPSA) is 66.6 Å². The van der Waals surface area contributed by atoms with Crippen LogP contribution in [0.3, 0.4) is 0 Å². The van der Waals surface area contributed by atoms with Crippen LogP contribution in [0.4, 0.5) is 5.69 Å². The van der Waals surface area contributed by atoms with E-state index in [0.29, 0.717) is 25.2 Å². The molecule has 0 aliphatic heterocycles. The first-order valence-electron chi connectivity index (χ1n) is 6.10. The van der Waals surface area contributed by atoms with Gasteiger partial charge in [0, 0.05) is 31.5 Å². The highest BCUT2D eigenvalue weighted by Crippen LogP contribution is 2.08. The maximum atomic E-state index is 11.9. The van der Waals surface area contributed by atoms with Gasteiger partial charge in [-0.05, 0) is 37.1 Å². The third-order valence-corrected chi connectivity index (χ3v) is 2.61. The molecule has 0 aliphatic carbocycles. The van der Waals surface area contributed by atoms with E-state index in [9.17, 15) is 4.79 Å². The highest BCUT2D eigenvalue weighted by atomic mass is 16.3. The van der Waals surface area contributed by atoms with Gasteiger partial charge in [0.2, 0.25) is 5.91 Å². The van der Waals surface area contributed by atoms with Crippen LogP contribution in [0.25, 0.3) is 6.08 Å². The summed E-state index contributed by atoms with van der Waals surface area (Å²) in [4.78, 5) is 13.6. The minimum Gasteiger partial charge on any atom is -0.399 e. The number of carbonyl (C=O) groups is 1. The summed E-state index contributed by atoms with van der Waals surface area (Å²) in [6.07, 6.45) is 3.89. The van der Waals surface area contributed by atoms with Crippen molar-refractivity contribution in [3.05, 3.63) is 35.9 Å². The number of amides is 1. The van der Waals surface area contributed by atoms with Gasteiger partial charge >= 0.3 is 0 Å². The normalized spacial score (nSPS) is 10.8. The van der Waals surface area contributed by atoms with E-state index in [1.807, 2.05) is 25.1 Å². The van der Waals surface area contributed by atoms with Crippen LogP contribution in [-0.2, 0) is 4.79 Å². The maximum Gasteiger partial charge on any atom is 0.246 e. The predicted molar refractivity (Wildman–Crippen MR) is 73.8 cm³/mol. The summed E-state index contributed by atoms with van der Waals surface area (Å²) in [5, 5.41) is 8.76. The minimum absolute atomic E-state index is 0.0478. The van der Waals surface area contributed by atoms with Crippen molar-refractivity contribution in [1.29, 1.82) is 0 Å². The highest BCUT2D eigenvalue weighted by Gasteiger charge is 2.06. The largest absolute Gasteiger partial charge is 0.399 e. The Morgan fingerprint density at radius 1 is 1.50 bits per heavy atom. The Morgan fingerprint density at radius 3 is 2.89 bits per heavy atom. The van der Waals surface area contributed by atoms with E-state index in [1.165, 1.54) is 6.08 Å². The second kappa shape index (κ2) is 7.50. The molecule has 1 rings (SSSR count). The van der Waals surface area contributed by atoms with Gasteiger partial charge in [-0.25, -0.2) is 0 Å². The highest BCUT2D eigenvalue weighted by molar-refractivity contribution is 5.91. The summed E-state index contributed by atoms with van der Waals surface area (Å²) in [5.74, 6) is -0.0478. The Hall–Kier alpha value is -1.81. The molecule has 0 bridgehead atoms.